The van der Waals surface area contributed by atoms with Gasteiger partial charge in [0.15, 0.2) is 0 Å². The third-order valence-electron chi connectivity index (χ3n) is 5.51. The van der Waals surface area contributed by atoms with Crippen LogP contribution in [-0.2, 0) is 16.4 Å². The van der Waals surface area contributed by atoms with E-state index in [2.05, 4.69) is 4.72 Å². The Kier molecular flexibility index (Phi) is 7.99. The second-order valence-corrected chi connectivity index (χ2v) is 9.58. The number of hydrogen-bond acceptors (Lipinski definition) is 6. The highest BCUT2D eigenvalue weighted by Crippen LogP contribution is 2.40. The fraction of sp³-hybridized carbons (Fsp3) is 0.375. The van der Waals surface area contributed by atoms with Gasteiger partial charge in [-0.2, -0.15) is 0 Å². The van der Waals surface area contributed by atoms with Gasteiger partial charge in [0.2, 0.25) is 10.0 Å². The molecule has 0 spiro atoms. The number of nitrogens with one attached hydrogen (secondary N) is 1. The molecule has 0 aliphatic carbocycles. The zero-order valence-corrected chi connectivity index (χ0v) is 20.2. The van der Waals surface area contributed by atoms with Gasteiger partial charge in [0.1, 0.15) is 17.2 Å². The van der Waals surface area contributed by atoms with E-state index in [1.54, 1.807) is 38.4 Å². The molecule has 1 N–H and O–H groups in total. The van der Waals surface area contributed by atoms with Gasteiger partial charge < -0.3 is 19.1 Å². The number of hydrogen-bond donors (Lipinski definition) is 1. The summed E-state index contributed by atoms with van der Waals surface area (Å²) in [5.41, 5.74) is 3.50. The summed E-state index contributed by atoms with van der Waals surface area (Å²) in [6, 6.07) is 10.9. The predicted octanol–water partition coefficient (Wildman–Crippen LogP) is 2.73. The molecule has 0 bridgehead atoms. The molecule has 178 valence electrons. The van der Waals surface area contributed by atoms with Crippen LogP contribution in [0.3, 0.4) is 0 Å². The van der Waals surface area contributed by atoms with Crippen LogP contribution in [0.4, 0.5) is 0 Å². The van der Waals surface area contributed by atoms with Crippen molar-refractivity contribution in [1.29, 1.82) is 0 Å². The lowest BCUT2D eigenvalue weighted by molar-refractivity contribution is 0.0773. The predicted molar refractivity (Wildman–Crippen MR) is 128 cm³/mol. The first kappa shape index (κ1) is 24.6. The van der Waals surface area contributed by atoms with Crippen LogP contribution < -0.4 is 18.9 Å². The number of carbonyl (C=O) groups excluding carboxylic acids is 1. The standard InChI is InChI=1S/C24H30N2O6S/c1-30-20-15-21(31-2)23(22(16-20)32-3)18-10-13-26(14-11-18)24(27)19-7-5-17(6-8-19)9-12-25-33(4,28)29/h5-8,10,15-16,25H,9,11-14H2,1-4H3. The largest absolute Gasteiger partial charge is 0.496 e. The summed E-state index contributed by atoms with van der Waals surface area (Å²) in [5.74, 6) is 1.94. The van der Waals surface area contributed by atoms with Crippen molar-refractivity contribution >= 4 is 21.5 Å². The molecule has 1 heterocycles. The SMILES string of the molecule is COc1cc(OC)c(C2=CCN(C(=O)c3ccc(CCNS(C)(=O)=O)cc3)CC2)c(OC)c1. The van der Waals surface area contributed by atoms with Crippen LogP contribution >= 0.6 is 0 Å². The summed E-state index contributed by atoms with van der Waals surface area (Å²) in [5, 5.41) is 0. The maximum atomic E-state index is 13.0. The summed E-state index contributed by atoms with van der Waals surface area (Å²) in [6.07, 6.45) is 4.39. The van der Waals surface area contributed by atoms with Crippen LogP contribution in [0, 0.1) is 0 Å². The quantitative estimate of drug-likeness (QED) is 0.601. The molecule has 3 rings (SSSR count). The molecule has 8 nitrogen and oxygen atoms in total. The summed E-state index contributed by atoms with van der Waals surface area (Å²) >= 11 is 0. The number of carbonyl (C=O) groups is 1. The molecule has 0 unspecified atom stereocenters. The smallest absolute Gasteiger partial charge is 0.254 e. The van der Waals surface area contributed by atoms with Gasteiger partial charge in [-0.25, -0.2) is 13.1 Å². The Hall–Kier alpha value is -3.04. The van der Waals surface area contributed by atoms with E-state index in [1.165, 1.54) is 0 Å². The topological polar surface area (TPSA) is 94.2 Å². The van der Waals surface area contributed by atoms with E-state index in [1.807, 2.05) is 30.3 Å². The molecule has 2 aromatic carbocycles. The zero-order chi connectivity index (χ0) is 24.0. The summed E-state index contributed by atoms with van der Waals surface area (Å²) in [7, 11) is 1.61. The summed E-state index contributed by atoms with van der Waals surface area (Å²) in [6.45, 7) is 1.37. The molecule has 0 saturated carbocycles. The normalized spacial score (nSPS) is 13.9. The molecule has 1 amide bonds. The van der Waals surface area contributed by atoms with Crippen molar-refractivity contribution < 1.29 is 27.4 Å². The second-order valence-electron chi connectivity index (χ2n) is 7.75. The van der Waals surface area contributed by atoms with Gasteiger partial charge in [0.25, 0.3) is 5.91 Å². The van der Waals surface area contributed by atoms with Gasteiger partial charge in [-0.05, 0) is 36.1 Å². The Bertz CT molecular complexity index is 1100. The second kappa shape index (κ2) is 10.7. The molecule has 0 saturated heterocycles. The van der Waals surface area contributed by atoms with E-state index in [-0.39, 0.29) is 5.91 Å². The van der Waals surface area contributed by atoms with E-state index >= 15 is 0 Å². The van der Waals surface area contributed by atoms with Crippen LogP contribution in [0.2, 0.25) is 0 Å². The maximum Gasteiger partial charge on any atom is 0.254 e. The zero-order valence-electron chi connectivity index (χ0n) is 19.4. The maximum absolute atomic E-state index is 13.0. The third kappa shape index (κ3) is 6.27. The Labute approximate surface area is 195 Å². The van der Waals surface area contributed by atoms with Gasteiger partial charge in [0.05, 0.1) is 33.1 Å². The molecule has 0 radical (unpaired) electrons. The van der Waals surface area contributed by atoms with Crippen molar-refractivity contribution in [1.82, 2.24) is 9.62 Å². The highest BCUT2D eigenvalue weighted by molar-refractivity contribution is 7.88. The molecular weight excluding hydrogens is 444 g/mol. The van der Waals surface area contributed by atoms with E-state index in [0.29, 0.717) is 55.3 Å². The van der Waals surface area contributed by atoms with Crippen LogP contribution in [0.5, 0.6) is 17.2 Å². The highest BCUT2D eigenvalue weighted by Gasteiger charge is 2.23. The molecule has 1 aliphatic heterocycles. The summed E-state index contributed by atoms with van der Waals surface area (Å²) in [4.78, 5) is 14.8. The van der Waals surface area contributed by atoms with E-state index in [4.69, 9.17) is 14.2 Å². The lowest BCUT2D eigenvalue weighted by Gasteiger charge is -2.28. The highest BCUT2D eigenvalue weighted by atomic mass is 32.2. The number of benzene rings is 2. The Balaban J connectivity index is 1.69. The van der Waals surface area contributed by atoms with Gasteiger partial charge in [-0.15, -0.1) is 0 Å². The lowest BCUT2D eigenvalue weighted by Crippen LogP contribution is -2.34. The fourth-order valence-electron chi connectivity index (χ4n) is 3.78. The van der Waals surface area contributed by atoms with Gasteiger partial charge in [-0.3, -0.25) is 4.79 Å². The number of rotatable bonds is 9. The minimum atomic E-state index is -3.21. The average Bonchev–Trinajstić information content (AvgIpc) is 2.82. The monoisotopic (exact) mass is 474 g/mol. The van der Waals surface area contributed by atoms with Crippen molar-refractivity contribution in [2.45, 2.75) is 12.8 Å². The Morgan fingerprint density at radius 3 is 2.15 bits per heavy atom. The molecule has 0 fully saturated rings. The van der Waals surface area contributed by atoms with Crippen LogP contribution in [0.25, 0.3) is 5.57 Å². The van der Waals surface area contributed by atoms with Crippen molar-refractivity contribution in [3.05, 3.63) is 59.2 Å². The average molecular weight is 475 g/mol. The van der Waals surface area contributed by atoms with Crippen LogP contribution in [0.15, 0.2) is 42.5 Å². The number of nitrogens with zero attached hydrogens (tertiary/aromatic N) is 1. The fourth-order valence-corrected chi connectivity index (χ4v) is 4.25. The van der Waals surface area contributed by atoms with E-state index < -0.39 is 10.0 Å². The van der Waals surface area contributed by atoms with Crippen LogP contribution in [0.1, 0.15) is 27.9 Å². The first-order valence-electron chi connectivity index (χ1n) is 10.6. The minimum absolute atomic E-state index is 0.0419. The molecule has 0 atom stereocenters. The summed E-state index contributed by atoms with van der Waals surface area (Å²) < 4.78 is 41.3. The molecule has 2 aromatic rings. The van der Waals surface area contributed by atoms with Crippen LogP contribution in [-0.4, -0.2) is 66.4 Å². The molecule has 0 aromatic heterocycles. The van der Waals surface area contributed by atoms with Crippen molar-refractivity contribution in [2.24, 2.45) is 0 Å². The number of ether oxygens (including phenoxy) is 3. The number of sulfonamides is 1. The first-order valence-corrected chi connectivity index (χ1v) is 12.5. The number of methoxy groups -OCH3 is 3. The van der Waals surface area contributed by atoms with Gasteiger partial charge >= 0.3 is 0 Å². The molecule has 1 aliphatic rings. The van der Waals surface area contributed by atoms with Crippen molar-refractivity contribution in [3.8, 4) is 17.2 Å². The van der Waals surface area contributed by atoms with Crippen molar-refractivity contribution in [3.63, 3.8) is 0 Å². The van der Waals surface area contributed by atoms with E-state index in [0.717, 1.165) is 23.0 Å². The third-order valence-corrected chi connectivity index (χ3v) is 6.24. The minimum Gasteiger partial charge on any atom is -0.496 e. The molecular formula is C24H30N2O6S. The van der Waals surface area contributed by atoms with Gasteiger partial charge in [-0.1, -0.05) is 18.2 Å². The Morgan fingerprint density at radius 2 is 1.67 bits per heavy atom. The molecule has 9 heteroatoms. The Morgan fingerprint density at radius 1 is 1.03 bits per heavy atom. The lowest BCUT2D eigenvalue weighted by atomic mass is 9.96. The first-order chi connectivity index (χ1) is 15.8. The van der Waals surface area contributed by atoms with Crippen molar-refractivity contribution in [2.75, 3.05) is 47.2 Å². The van der Waals surface area contributed by atoms with Gasteiger partial charge in [0, 0.05) is 37.3 Å². The molecule has 33 heavy (non-hydrogen) atoms. The number of amides is 1. The van der Waals surface area contributed by atoms with E-state index in [9.17, 15) is 13.2 Å².